The highest BCUT2D eigenvalue weighted by atomic mass is 16.5. The number of hydrogen-bond acceptors (Lipinski definition) is 3. The number of likely N-dealkylation sites (tertiary alicyclic amines) is 1. The highest BCUT2D eigenvalue weighted by Crippen LogP contribution is 2.14. The Kier molecular flexibility index (Phi) is 3.49. The number of nitrogens with zero attached hydrogens (tertiary/aromatic N) is 1. The number of amides is 1. The van der Waals surface area contributed by atoms with Crippen LogP contribution >= 0.6 is 0 Å². The predicted molar refractivity (Wildman–Crippen MR) is 45.3 cm³/mol. The molecule has 1 amide bonds. The lowest BCUT2D eigenvalue weighted by atomic mass is 10.2. The van der Waals surface area contributed by atoms with E-state index in [0.29, 0.717) is 6.61 Å². The summed E-state index contributed by atoms with van der Waals surface area (Å²) in [6, 6.07) is -0.180. The first-order valence-electron chi connectivity index (χ1n) is 4.11. The van der Waals surface area contributed by atoms with Crippen LogP contribution < -0.4 is 5.73 Å². The van der Waals surface area contributed by atoms with Crippen LogP contribution in [-0.2, 0) is 9.53 Å². The van der Waals surface area contributed by atoms with Crippen LogP contribution in [0.4, 0.5) is 0 Å². The Morgan fingerprint density at radius 3 is 3.17 bits per heavy atom. The number of primary amides is 1. The van der Waals surface area contributed by atoms with E-state index in [-0.39, 0.29) is 11.9 Å². The number of nitrogens with two attached hydrogens (primary N) is 1. The third-order valence-electron chi connectivity index (χ3n) is 2.07. The number of carbonyl (C=O) groups excluding carboxylic acids is 1. The molecule has 1 radical (unpaired) electrons. The standard InChI is InChI=1S/C8H15N2O2/c1-12-6-5-10-4-2-3-7(10)8(9)11/h3,7H,2,4-6H2,1H3,(H2,9,11)/t7-/m0/s1. The van der Waals surface area contributed by atoms with Crippen LogP contribution in [0, 0.1) is 6.42 Å². The molecule has 12 heavy (non-hydrogen) atoms. The van der Waals surface area contributed by atoms with Gasteiger partial charge in [-0.1, -0.05) is 0 Å². The molecular formula is C8H15N2O2. The molecule has 0 spiro atoms. The fraction of sp³-hybridized carbons (Fsp3) is 0.750. The zero-order chi connectivity index (χ0) is 8.97. The molecule has 0 aromatic carbocycles. The first-order chi connectivity index (χ1) is 5.75. The van der Waals surface area contributed by atoms with Gasteiger partial charge in [0.05, 0.1) is 12.6 Å². The van der Waals surface area contributed by atoms with E-state index in [1.54, 1.807) is 7.11 Å². The van der Waals surface area contributed by atoms with E-state index in [9.17, 15) is 4.79 Å². The summed E-state index contributed by atoms with van der Waals surface area (Å²) < 4.78 is 4.92. The van der Waals surface area contributed by atoms with E-state index < -0.39 is 0 Å². The van der Waals surface area contributed by atoms with Crippen LogP contribution in [0.3, 0.4) is 0 Å². The van der Waals surface area contributed by atoms with Gasteiger partial charge in [-0.2, -0.15) is 0 Å². The Hall–Kier alpha value is -0.610. The SMILES string of the molecule is COCCN1CC[CH][C@H]1C(N)=O. The Balaban J connectivity index is 2.35. The second-order valence-electron chi connectivity index (χ2n) is 2.90. The van der Waals surface area contributed by atoms with E-state index >= 15 is 0 Å². The maximum atomic E-state index is 10.9. The molecule has 1 saturated heterocycles. The molecule has 69 valence electrons. The van der Waals surface area contributed by atoms with Crippen molar-refractivity contribution in [1.82, 2.24) is 4.90 Å². The van der Waals surface area contributed by atoms with Crippen LogP contribution in [0.2, 0.25) is 0 Å². The van der Waals surface area contributed by atoms with Gasteiger partial charge in [-0.3, -0.25) is 9.69 Å². The molecule has 4 nitrogen and oxygen atoms in total. The second-order valence-corrected chi connectivity index (χ2v) is 2.90. The molecule has 2 N–H and O–H groups in total. The number of methoxy groups -OCH3 is 1. The van der Waals surface area contributed by atoms with Crippen LogP contribution in [0.15, 0.2) is 0 Å². The summed E-state index contributed by atoms with van der Waals surface area (Å²) in [5.74, 6) is -0.261. The van der Waals surface area contributed by atoms with Crippen LogP contribution in [-0.4, -0.2) is 43.7 Å². The Labute approximate surface area is 72.7 Å². The highest BCUT2D eigenvalue weighted by Gasteiger charge is 2.28. The summed E-state index contributed by atoms with van der Waals surface area (Å²) in [5.41, 5.74) is 5.21. The summed E-state index contributed by atoms with van der Waals surface area (Å²) in [4.78, 5) is 12.9. The number of rotatable bonds is 4. The molecule has 0 aliphatic carbocycles. The summed E-state index contributed by atoms with van der Waals surface area (Å²) in [6.45, 7) is 2.34. The maximum absolute atomic E-state index is 10.9. The molecule has 1 aliphatic rings. The molecule has 0 unspecified atom stereocenters. The van der Waals surface area contributed by atoms with Gasteiger partial charge >= 0.3 is 0 Å². The molecule has 1 rings (SSSR count). The van der Waals surface area contributed by atoms with E-state index in [2.05, 4.69) is 0 Å². The Bertz CT molecular complexity index is 161. The minimum atomic E-state index is -0.261. The van der Waals surface area contributed by atoms with Crippen molar-refractivity contribution in [3.05, 3.63) is 6.42 Å². The van der Waals surface area contributed by atoms with Gasteiger partial charge in [-0.05, 0) is 19.4 Å². The van der Waals surface area contributed by atoms with E-state index in [1.165, 1.54) is 0 Å². The molecule has 1 fully saturated rings. The average Bonchev–Trinajstić information content (AvgIpc) is 2.48. The van der Waals surface area contributed by atoms with Gasteiger partial charge in [-0.15, -0.1) is 0 Å². The normalized spacial score (nSPS) is 24.6. The van der Waals surface area contributed by atoms with Crippen molar-refractivity contribution in [1.29, 1.82) is 0 Å². The Morgan fingerprint density at radius 1 is 1.83 bits per heavy atom. The zero-order valence-corrected chi connectivity index (χ0v) is 7.32. The number of ether oxygens (including phenoxy) is 1. The fourth-order valence-corrected chi connectivity index (χ4v) is 1.44. The highest BCUT2D eigenvalue weighted by molar-refractivity contribution is 5.81. The molecule has 0 aromatic rings. The lowest BCUT2D eigenvalue weighted by molar-refractivity contribution is -0.121. The van der Waals surface area contributed by atoms with Crippen molar-refractivity contribution in [2.75, 3.05) is 26.8 Å². The van der Waals surface area contributed by atoms with Crippen LogP contribution in [0.25, 0.3) is 0 Å². The van der Waals surface area contributed by atoms with Crippen molar-refractivity contribution in [2.45, 2.75) is 12.5 Å². The van der Waals surface area contributed by atoms with Crippen molar-refractivity contribution >= 4 is 5.91 Å². The van der Waals surface area contributed by atoms with Gasteiger partial charge in [-0.25, -0.2) is 0 Å². The first-order valence-corrected chi connectivity index (χ1v) is 4.11. The monoisotopic (exact) mass is 171 g/mol. The summed E-state index contributed by atoms with van der Waals surface area (Å²) in [5, 5.41) is 0. The smallest absolute Gasteiger partial charge is 0.235 e. The van der Waals surface area contributed by atoms with E-state index in [4.69, 9.17) is 10.5 Å². The molecule has 1 atom stereocenters. The van der Waals surface area contributed by atoms with Gasteiger partial charge in [0.2, 0.25) is 5.91 Å². The largest absolute Gasteiger partial charge is 0.383 e. The topological polar surface area (TPSA) is 55.6 Å². The molecule has 1 aliphatic heterocycles. The van der Waals surface area contributed by atoms with Crippen molar-refractivity contribution < 1.29 is 9.53 Å². The molecule has 0 bridgehead atoms. The summed E-state index contributed by atoms with van der Waals surface area (Å²) in [6.07, 6.45) is 2.90. The number of hydrogen-bond donors (Lipinski definition) is 1. The number of carbonyl (C=O) groups is 1. The van der Waals surface area contributed by atoms with Gasteiger partial charge in [0.25, 0.3) is 0 Å². The minimum absolute atomic E-state index is 0.180. The van der Waals surface area contributed by atoms with E-state index in [1.807, 2.05) is 11.3 Å². The van der Waals surface area contributed by atoms with Crippen LogP contribution in [0.5, 0.6) is 0 Å². The maximum Gasteiger partial charge on any atom is 0.235 e. The van der Waals surface area contributed by atoms with Gasteiger partial charge in [0.15, 0.2) is 0 Å². The lowest BCUT2D eigenvalue weighted by Gasteiger charge is -2.20. The van der Waals surface area contributed by atoms with Crippen molar-refractivity contribution in [2.24, 2.45) is 5.73 Å². The quantitative estimate of drug-likeness (QED) is 0.614. The fourth-order valence-electron chi connectivity index (χ4n) is 1.44. The van der Waals surface area contributed by atoms with Gasteiger partial charge in [0, 0.05) is 13.7 Å². The first kappa shape index (κ1) is 9.48. The summed E-state index contributed by atoms with van der Waals surface area (Å²) >= 11 is 0. The Morgan fingerprint density at radius 2 is 2.58 bits per heavy atom. The van der Waals surface area contributed by atoms with Crippen molar-refractivity contribution in [3.63, 3.8) is 0 Å². The molecule has 0 saturated carbocycles. The van der Waals surface area contributed by atoms with Gasteiger partial charge < -0.3 is 10.5 Å². The minimum Gasteiger partial charge on any atom is -0.383 e. The van der Waals surface area contributed by atoms with Gasteiger partial charge in [0.1, 0.15) is 0 Å². The van der Waals surface area contributed by atoms with E-state index in [0.717, 1.165) is 19.5 Å². The predicted octanol–water partition coefficient (Wildman–Crippen LogP) is -0.603. The molecule has 4 heteroatoms. The molecule has 0 aromatic heterocycles. The molecular weight excluding hydrogens is 156 g/mol. The average molecular weight is 171 g/mol. The van der Waals surface area contributed by atoms with Crippen LogP contribution in [0.1, 0.15) is 6.42 Å². The summed E-state index contributed by atoms with van der Waals surface area (Å²) in [7, 11) is 1.65. The second kappa shape index (κ2) is 4.42. The van der Waals surface area contributed by atoms with Crippen molar-refractivity contribution in [3.8, 4) is 0 Å². The third-order valence-corrected chi connectivity index (χ3v) is 2.07. The lowest BCUT2D eigenvalue weighted by Crippen LogP contribution is -2.41. The third kappa shape index (κ3) is 2.19. The molecule has 1 heterocycles. The zero-order valence-electron chi connectivity index (χ0n) is 7.32.